The van der Waals surface area contributed by atoms with Crippen molar-refractivity contribution >= 4 is 10.9 Å². The minimum Gasteiger partial charge on any atom is -0.327 e. The van der Waals surface area contributed by atoms with Crippen molar-refractivity contribution in [1.82, 2.24) is 4.57 Å². The van der Waals surface area contributed by atoms with Crippen LogP contribution in [0.3, 0.4) is 0 Å². The molecule has 2 rings (SSSR count). The van der Waals surface area contributed by atoms with Crippen LogP contribution in [0.5, 0.6) is 0 Å². The van der Waals surface area contributed by atoms with Crippen LogP contribution in [0.15, 0.2) is 30.5 Å². The highest BCUT2D eigenvalue weighted by Crippen LogP contribution is 2.23. The van der Waals surface area contributed by atoms with Crippen molar-refractivity contribution in [2.75, 3.05) is 0 Å². The van der Waals surface area contributed by atoms with Gasteiger partial charge in [0.05, 0.1) is 5.52 Å². The first-order valence-corrected chi connectivity index (χ1v) is 5.75. The number of fused-ring (bicyclic) bond motifs is 1. The lowest BCUT2D eigenvalue weighted by molar-refractivity contribution is 0.0752. The molecule has 2 aromatic rings. The topological polar surface area (TPSA) is 30.9 Å². The summed E-state index contributed by atoms with van der Waals surface area (Å²) >= 11 is 0. The van der Waals surface area contributed by atoms with Crippen molar-refractivity contribution < 1.29 is 8.78 Å². The highest BCUT2D eigenvalue weighted by Gasteiger charge is 2.10. The van der Waals surface area contributed by atoms with Crippen LogP contribution in [0.2, 0.25) is 0 Å². The third-order valence-electron chi connectivity index (χ3n) is 3.02. The summed E-state index contributed by atoms with van der Waals surface area (Å²) in [6.45, 7) is -0.479. The average Bonchev–Trinajstić information content (AvgIpc) is 2.71. The third-order valence-corrected chi connectivity index (χ3v) is 3.02. The lowest BCUT2D eigenvalue weighted by Crippen LogP contribution is -2.21. The zero-order chi connectivity index (χ0) is 12.4. The Morgan fingerprint density at radius 2 is 2.06 bits per heavy atom. The Labute approximate surface area is 99.0 Å². The molecule has 0 aliphatic heterocycles. The van der Waals surface area contributed by atoms with E-state index in [9.17, 15) is 8.78 Å². The fourth-order valence-electron chi connectivity index (χ4n) is 1.94. The normalized spacial score (nSPS) is 13.5. The van der Waals surface area contributed by atoms with Gasteiger partial charge in [-0.1, -0.05) is 19.1 Å². The number of halogens is 2. The highest BCUT2D eigenvalue weighted by atomic mass is 19.3. The maximum absolute atomic E-state index is 12.7. The minimum absolute atomic E-state index is 0.0856. The second kappa shape index (κ2) is 4.84. The molecule has 0 radical (unpaired) electrons. The lowest BCUT2D eigenvalue weighted by atomic mass is 10.0. The van der Waals surface area contributed by atoms with E-state index in [-0.39, 0.29) is 6.04 Å². The van der Waals surface area contributed by atoms with Crippen LogP contribution in [0.25, 0.3) is 10.9 Å². The smallest absolute Gasteiger partial charge is 0.319 e. The first kappa shape index (κ1) is 12.0. The van der Waals surface area contributed by atoms with Gasteiger partial charge < -0.3 is 5.73 Å². The Morgan fingerprint density at radius 1 is 1.29 bits per heavy atom. The predicted molar refractivity (Wildman–Crippen MR) is 65.2 cm³/mol. The number of rotatable bonds is 4. The molecule has 0 saturated carbocycles. The minimum atomic E-state index is -2.50. The molecule has 17 heavy (non-hydrogen) atoms. The van der Waals surface area contributed by atoms with E-state index < -0.39 is 6.55 Å². The van der Waals surface area contributed by atoms with Gasteiger partial charge in [-0.3, -0.25) is 4.57 Å². The highest BCUT2D eigenvalue weighted by molar-refractivity contribution is 5.80. The number of hydrogen-bond donors (Lipinski definition) is 1. The van der Waals surface area contributed by atoms with E-state index >= 15 is 0 Å². The summed E-state index contributed by atoms with van der Waals surface area (Å²) in [6, 6.07) is 7.41. The third kappa shape index (κ3) is 2.47. The van der Waals surface area contributed by atoms with Gasteiger partial charge in [0.1, 0.15) is 0 Å². The quantitative estimate of drug-likeness (QED) is 0.870. The Hall–Kier alpha value is -1.42. The standard InChI is InChI=1S/C13H16F2N2/c1-2-11(16)7-9-3-4-10-5-6-17(13(14)15)12(10)8-9/h3-6,8,11,13H,2,7,16H2,1H3. The average molecular weight is 238 g/mol. The molecule has 0 spiro atoms. The molecule has 0 amide bonds. The van der Waals surface area contributed by atoms with E-state index in [1.54, 1.807) is 12.1 Å². The molecule has 1 unspecified atom stereocenters. The Kier molecular flexibility index (Phi) is 3.43. The van der Waals surface area contributed by atoms with Gasteiger partial charge in [0.25, 0.3) is 0 Å². The maximum atomic E-state index is 12.7. The predicted octanol–water partition coefficient (Wildman–Crippen LogP) is 3.32. The van der Waals surface area contributed by atoms with Crippen molar-refractivity contribution in [2.24, 2.45) is 5.73 Å². The van der Waals surface area contributed by atoms with Crippen molar-refractivity contribution in [2.45, 2.75) is 32.4 Å². The van der Waals surface area contributed by atoms with Crippen molar-refractivity contribution in [3.8, 4) is 0 Å². The van der Waals surface area contributed by atoms with Gasteiger partial charge in [-0.2, -0.15) is 8.78 Å². The van der Waals surface area contributed by atoms with Gasteiger partial charge >= 0.3 is 6.55 Å². The number of alkyl halides is 2. The Bertz CT molecular complexity index is 505. The lowest BCUT2D eigenvalue weighted by Gasteiger charge is -2.09. The first-order chi connectivity index (χ1) is 8.11. The molecular formula is C13H16F2N2. The molecule has 2 nitrogen and oxygen atoms in total. The fourth-order valence-corrected chi connectivity index (χ4v) is 1.94. The van der Waals surface area contributed by atoms with Crippen LogP contribution in [0.4, 0.5) is 8.78 Å². The zero-order valence-electron chi connectivity index (χ0n) is 9.74. The molecule has 0 aliphatic carbocycles. The summed E-state index contributed by atoms with van der Waals surface area (Å²) in [5, 5.41) is 0.833. The molecule has 92 valence electrons. The summed E-state index contributed by atoms with van der Waals surface area (Å²) in [4.78, 5) is 0. The van der Waals surface area contributed by atoms with Crippen molar-refractivity contribution in [1.29, 1.82) is 0 Å². The van der Waals surface area contributed by atoms with Crippen LogP contribution in [0, 0.1) is 0 Å². The summed E-state index contributed by atoms with van der Waals surface area (Å²) in [7, 11) is 0. The molecule has 0 fully saturated rings. The van der Waals surface area contributed by atoms with Gasteiger partial charge in [-0.25, -0.2) is 0 Å². The van der Waals surface area contributed by atoms with E-state index in [0.717, 1.165) is 28.4 Å². The molecular weight excluding hydrogens is 222 g/mol. The van der Waals surface area contributed by atoms with Gasteiger partial charge in [0.15, 0.2) is 0 Å². The molecule has 0 saturated heterocycles. The molecule has 1 heterocycles. The monoisotopic (exact) mass is 238 g/mol. The second-order valence-electron chi connectivity index (χ2n) is 4.27. The number of benzene rings is 1. The van der Waals surface area contributed by atoms with E-state index in [1.165, 1.54) is 6.20 Å². The van der Waals surface area contributed by atoms with Gasteiger partial charge in [-0.15, -0.1) is 0 Å². The molecule has 0 aliphatic rings. The van der Waals surface area contributed by atoms with Crippen LogP contribution in [-0.4, -0.2) is 10.6 Å². The number of nitrogens with two attached hydrogens (primary N) is 1. The van der Waals surface area contributed by atoms with Crippen molar-refractivity contribution in [3.05, 3.63) is 36.0 Å². The van der Waals surface area contributed by atoms with Gasteiger partial charge in [0.2, 0.25) is 0 Å². The summed E-state index contributed by atoms with van der Waals surface area (Å²) in [5.41, 5.74) is 7.44. The number of hydrogen-bond acceptors (Lipinski definition) is 1. The van der Waals surface area contributed by atoms with E-state index in [0.29, 0.717) is 5.52 Å². The van der Waals surface area contributed by atoms with E-state index in [4.69, 9.17) is 5.73 Å². The SMILES string of the molecule is CCC(N)Cc1ccc2ccn(C(F)F)c2c1. The summed E-state index contributed by atoms with van der Waals surface area (Å²) < 4.78 is 26.4. The Balaban J connectivity index is 2.37. The number of aromatic nitrogens is 1. The first-order valence-electron chi connectivity index (χ1n) is 5.75. The maximum Gasteiger partial charge on any atom is 0.319 e. The molecule has 1 atom stereocenters. The van der Waals surface area contributed by atoms with E-state index in [1.807, 2.05) is 19.1 Å². The van der Waals surface area contributed by atoms with Crippen LogP contribution >= 0.6 is 0 Å². The van der Waals surface area contributed by atoms with E-state index in [2.05, 4.69) is 0 Å². The van der Waals surface area contributed by atoms with Crippen LogP contribution < -0.4 is 5.73 Å². The molecule has 2 N–H and O–H groups in total. The largest absolute Gasteiger partial charge is 0.327 e. The van der Waals surface area contributed by atoms with Crippen LogP contribution in [0.1, 0.15) is 25.5 Å². The zero-order valence-corrected chi connectivity index (χ0v) is 9.74. The fraction of sp³-hybridized carbons (Fsp3) is 0.385. The number of nitrogens with zero attached hydrogens (tertiary/aromatic N) is 1. The van der Waals surface area contributed by atoms with Crippen LogP contribution in [-0.2, 0) is 6.42 Å². The summed E-state index contributed by atoms with van der Waals surface area (Å²) in [5.74, 6) is 0. The summed E-state index contributed by atoms with van der Waals surface area (Å²) in [6.07, 6.45) is 3.02. The van der Waals surface area contributed by atoms with Crippen molar-refractivity contribution in [3.63, 3.8) is 0 Å². The Morgan fingerprint density at radius 3 is 2.71 bits per heavy atom. The second-order valence-corrected chi connectivity index (χ2v) is 4.27. The van der Waals surface area contributed by atoms with Gasteiger partial charge in [-0.05, 0) is 35.9 Å². The molecule has 0 bridgehead atoms. The van der Waals surface area contributed by atoms with Gasteiger partial charge in [0, 0.05) is 12.2 Å². The molecule has 1 aromatic heterocycles. The molecule has 1 aromatic carbocycles. The molecule has 4 heteroatoms.